The van der Waals surface area contributed by atoms with E-state index in [2.05, 4.69) is 9.88 Å². The number of para-hydroxylation sites is 2. The lowest BCUT2D eigenvalue weighted by molar-refractivity contribution is 0.0748. The standard InChI is InChI=1S/C27H21FN4OS/c28-21-10-6-12-24-25(21)30-27(34-24)32-15-13-31(14-16-32)26(33)20-17-23(18-7-2-1-3-8-18)29-22-11-5-4-9-19(20)22/h1-12,17H,13-16H2. The Hall–Kier alpha value is -3.84. The normalized spacial score (nSPS) is 14.1. The number of benzene rings is 3. The number of thiazole rings is 1. The van der Waals surface area contributed by atoms with Crippen LogP contribution in [0.2, 0.25) is 0 Å². The fraction of sp³-hybridized carbons (Fsp3) is 0.148. The molecule has 1 aliphatic heterocycles. The van der Waals surface area contributed by atoms with E-state index >= 15 is 0 Å². The molecule has 0 bridgehead atoms. The maximum atomic E-state index is 14.1. The van der Waals surface area contributed by atoms with Crippen LogP contribution in [0.5, 0.6) is 0 Å². The minimum Gasteiger partial charge on any atom is -0.345 e. The van der Waals surface area contributed by atoms with E-state index in [-0.39, 0.29) is 11.7 Å². The van der Waals surface area contributed by atoms with Crippen LogP contribution in [0.25, 0.3) is 32.4 Å². The first-order valence-electron chi connectivity index (χ1n) is 11.2. The number of carbonyl (C=O) groups is 1. The number of anilines is 1. The van der Waals surface area contributed by atoms with Crippen molar-refractivity contribution in [3.05, 3.63) is 90.2 Å². The molecule has 5 aromatic rings. The number of halogens is 1. The minimum atomic E-state index is -0.299. The average Bonchev–Trinajstić information content (AvgIpc) is 3.34. The van der Waals surface area contributed by atoms with Crippen LogP contribution in [0.1, 0.15) is 10.4 Å². The van der Waals surface area contributed by atoms with E-state index in [4.69, 9.17) is 4.98 Å². The Labute approximate surface area is 200 Å². The topological polar surface area (TPSA) is 49.3 Å². The Morgan fingerprint density at radius 1 is 0.853 bits per heavy atom. The summed E-state index contributed by atoms with van der Waals surface area (Å²) in [5.41, 5.74) is 3.66. The zero-order valence-electron chi connectivity index (χ0n) is 18.3. The molecule has 0 N–H and O–H groups in total. The van der Waals surface area contributed by atoms with Gasteiger partial charge in [-0.3, -0.25) is 4.79 Å². The molecule has 34 heavy (non-hydrogen) atoms. The van der Waals surface area contributed by atoms with E-state index in [9.17, 15) is 9.18 Å². The Kier molecular flexibility index (Phi) is 5.19. The highest BCUT2D eigenvalue weighted by atomic mass is 32.1. The number of piperazine rings is 1. The van der Waals surface area contributed by atoms with Gasteiger partial charge in [-0.1, -0.05) is 65.9 Å². The van der Waals surface area contributed by atoms with E-state index in [1.165, 1.54) is 17.4 Å². The Bertz CT molecular complexity index is 1510. The quantitative estimate of drug-likeness (QED) is 0.345. The molecule has 1 amide bonds. The number of amides is 1. The van der Waals surface area contributed by atoms with Gasteiger partial charge < -0.3 is 9.80 Å². The lowest BCUT2D eigenvalue weighted by Gasteiger charge is -2.34. The third-order valence-corrected chi connectivity index (χ3v) is 7.29. The Balaban J connectivity index is 1.27. The summed E-state index contributed by atoms with van der Waals surface area (Å²) in [6, 6.07) is 24.6. The first-order chi connectivity index (χ1) is 16.7. The molecule has 3 aromatic carbocycles. The fourth-order valence-corrected chi connectivity index (χ4v) is 5.45. The molecule has 1 fully saturated rings. The van der Waals surface area contributed by atoms with Crippen molar-refractivity contribution in [3.63, 3.8) is 0 Å². The molecule has 0 atom stereocenters. The molecule has 0 unspecified atom stereocenters. The van der Waals surface area contributed by atoms with Crippen molar-refractivity contribution in [2.24, 2.45) is 0 Å². The average molecular weight is 469 g/mol. The van der Waals surface area contributed by atoms with E-state index < -0.39 is 0 Å². The number of pyridine rings is 1. The van der Waals surface area contributed by atoms with Crippen molar-refractivity contribution in [2.75, 3.05) is 31.1 Å². The lowest BCUT2D eigenvalue weighted by atomic mass is 10.0. The monoisotopic (exact) mass is 468 g/mol. The number of aromatic nitrogens is 2. The molecule has 1 aliphatic rings. The van der Waals surface area contributed by atoms with Crippen LogP contribution in [0, 0.1) is 5.82 Å². The molecule has 7 heteroatoms. The van der Waals surface area contributed by atoms with Gasteiger partial charge in [-0.2, -0.15) is 0 Å². The first kappa shape index (κ1) is 20.7. The summed E-state index contributed by atoms with van der Waals surface area (Å²) in [6.07, 6.45) is 0. The van der Waals surface area contributed by atoms with Gasteiger partial charge in [0.2, 0.25) is 0 Å². The summed E-state index contributed by atoms with van der Waals surface area (Å²) in [6.45, 7) is 2.46. The molecular weight excluding hydrogens is 447 g/mol. The van der Waals surface area contributed by atoms with Gasteiger partial charge in [0.25, 0.3) is 5.91 Å². The second kappa shape index (κ2) is 8.50. The van der Waals surface area contributed by atoms with E-state index in [1.54, 1.807) is 6.07 Å². The van der Waals surface area contributed by atoms with Gasteiger partial charge in [0.15, 0.2) is 5.13 Å². The highest BCUT2D eigenvalue weighted by molar-refractivity contribution is 7.22. The van der Waals surface area contributed by atoms with E-state index in [1.807, 2.05) is 71.6 Å². The highest BCUT2D eigenvalue weighted by Gasteiger charge is 2.26. The third-order valence-electron chi connectivity index (χ3n) is 6.21. The predicted molar refractivity (Wildman–Crippen MR) is 135 cm³/mol. The summed E-state index contributed by atoms with van der Waals surface area (Å²) in [7, 11) is 0. The number of hydrogen-bond acceptors (Lipinski definition) is 5. The molecule has 0 aliphatic carbocycles. The van der Waals surface area contributed by atoms with Gasteiger partial charge >= 0.3 is 0 Å². The molecule has 6 rings (SSSR count). The molecular formula is C27H21FN4OS. The summed E-state index contributed by atoms with van der Waals surface area (Å²) in [4.78, 5) is 27.0. The van der Waals surface area contributed by atoms with Gasteiger partial charge in [-0.15, -0.1) is 0 Å². The molecule has 1 saturated heterocycles. The first-order valence-corrected chi connectivity index (χ1v) is 12.0. The van der Waals surface area contributed by atoms with Crippen molar-refractivity contribution in [3.8, 4) is 11.3 Å². The lowest BCUT2D eigenvalue weighted by Crippen LogP contribution is -2.48. The van der Waals surface area contributed by atoms with Gasteiger partial charge in [0, 0.05) is 37.1 Å². The molecule has 3 heterocycles. The summed E-state index contributed by atoms with van der Waals surface area (Å²) >= 11 is 1.49. The zero-order valence-corrected chi connectivity index (χ0v) is 19.1. The van der Waals surface area contributed by atoms with Crippen LogP contribution >= 0.6 is 11.3 Å². The van der Waals surface area contributed by atoms with Crippen molar-refractivity contribution in [2.45, 2.75) is 0 Å². The summed E-state index contributed by atoms with van der Waals surface area (Å²) in [5, 5.41) is 1.66. The van der Waals surface area contributed by atoms with Crippen LogP contribution < -0.4 is 4.90 Å². The van der Waals surface area contributed by atoms with Crippen LogP contribution in [0.3, 0.4) is 0 Å². The van der Waals surface area contributed by atoms with Crippen molar-refractivity contribution >= 4 is 43.5 Å². The third kappa shape index (κ3) is 3.68. The molecule has 2 aromatic heterocycles. The van der Waals surface area contributed by atoms with E-state index in [0.717, 1.165) is 32.0 Å². The molecule has 0 spiro atoms. The second-order valence-electron chi connectivity index (χ2n) is 8.30. The number of fused-ring (bicyclic) bond motifs is 2. The summed E-state index contributed by atoms with van der Waals surface area (Å²) in [5.74, 6) is -0.293. The van der Waals surface area contributed by atoms with Crippen LogP contribution in [-0.4, -0.2) is 47.0 Å². The summed E-state index contributed by atoms with van der Waals surface area (Å²) < 4.78 is 14.9. The van der Waals surface area contributed by atoms with Gasteiger partial charge in [-0.25, -0.2) is 14.4 Å². The zero-order chi connectivity index (χ0) is 23.1. The maximum Gasteiger partial charge on any atom is 0.254 e. The maximum absolute atomic E-state index is 14.1. The number of hydrogen-bond donors (Lipinski definition) is 0. The van der Waals surface area contributed by atoms with Gasteiger partial charge in [0.1, 0.15) is 11.3 Å². The van der Waals surface area contributed by atoms with Crippen molar-refractivity contribution in [1.82, 2.24) is 14.9 Å². The molecule has 0 radical (unpaired) electrons. The van der Waals surface area contributed by atoms with Crippen molar-refractivity contribution < 1.29 is 9.18 Å². The number of rotatable bonds is 3. The Morgan fingerprint density at radius 2 is 1.62 bits per heavy atom. The minimum absolute atomic E-state index is 0.00535. The fourth-order valence-electron chi connectivity index (χ4n) is 4.42. The Morgan fingerprint density at radius 3 is 2.41 bits per heavy atom. The van der Waals surface area contributed by atoms with Gasteiger partial charge in [-0.05, 0) is 24.3 Å². The van der Waals surface area contributed by atoms with Crippen LogP contribution in [0.15, 0.2) is 78.9 Å². The van der Waals surface area contributed by atoms with Crippen LogP contribution in [-0.2, 0) is 0 Å². The molecule has 5 nitrogen and oxygen atoms in total. The highest BCUT2D eigenvalue weighted by Crippen LogP contribution is 2.31. The van der Waals surface area contributed by atoms with E-state index in [0.29, 0.717) is 37.3 Å². The molecule has 168 valence electrons. The van der Waals surface area contributed by atoms with Crippen molar-refractivity contribution in [1.29, 1.82) is 0 Å². The van der Waals surface area contributed by atoms with Gasteiger partial charge in [0.05, 0.1) is 21.5 Å². The SMILES string of the molecule is O=C(c1cc(-c2ccccc2)nc2ccccc12)N1CCN(c2nc3c(F)cccc3s2)CC1. The molecule has 0 saturated carbocycles. The smallest absolute Gasteiger partial charge is 0.254 e. The largest absolute Gasteiger partial charge is 0.345 e. The second-order valence-corrected chi connectivity index (χ2v) is 9.31. The van der Waals surface area contributed by atoms with Crippen LogP contribution in [0.4, 0.5) is 9.52 Å². The number of nitrogens with zero attached hydrogens (tertiary/aromatic N) is 4. The predicted octanol–water partition coefficient (Wildman–Crippen LogP) is 5.61. The number of carbonyl (C=O) groups excluding carboxylic acids is 1.